The molecule has 2 aromatic heterocycles. The van der Waals surface area contributed by atoms with Gasteiger partial charge in [-0.15, -0.1) is 0 Å². The van der Waals surface area contributed by atoms with Crippen molar-refractivity contribution in [1.82, 2.24) is 20.0 Å². The second-order valence-electron chi connectivity index (χ2n) is 6.78. The number of nitriles is 1. The van der Waals surface area contributed by atoms with Crippen LogP contribution in [0.4, 0.5) is 4.39 Å². The van der Waals surface area contributed by atoms with Gasteiger partial charge in [-0.25, -0.2) is 4.39 Å². The number of nitrogens with zero attached hydrogens (tertiary/aromatic N) is 4. The van der Waals surface area contributed by atoms with Crippen molar-refractivity contribution in [2.75, 3.05) is 26.3 Å². The Balaban J connectivity index is 1.69. The molecule has 148 valence electrons. The van der Waals surface area contributed by atoms with Gasteiger partial charge in [0.1, 0.15) is 17.4 Å². The summed E-state index contributed by atoms with van der Waals surface area (Å²) >= 11 is 0. The molecule has 0 atom stereocenters. The summed E-state index contributed by atoms with van der Waals surface area (Å²) in [6.07, 6.45) is 0. The molecular formula is C20H18FN5O3. The third kappa shape index (κ3) is 3.94. The smallest absolute Gasteiger partial charge is 0.266 e. The molecule has 4 rings (SSSR count). The third-order valence-corrected chi connectivity index (χ3v) is 4.73. The number of H-pyrrole nitrogens is 1. The van der Waals surface area contributed by atoms with Crippen LogP contribution >= 0.6 is 0 Å². The van der Waals surface area contributed by atoms with E-state index in [1.54, 1.807) is 13.0 Å². The minimum atomic E-state index is -0.521. The molecule has 8 nitrogen and oxygen atoms in total. The Kier molecular flexibility index (Phi) is 5.20. The van der Waals surface area contributed by atoms with Gasteiger partial charge in [-0.05, 0) is 30.7 Å². The fraction of sp³-hybridized carbons (Fsp3) is 0.300. The van der Waals surface area contributed by atoms with E-state index < -0.39 is 11.4 Å². The quantitative estimate of drug-likeness (QED) is 0.722. The van der Waals surface area contributed by atoms with Gasteiger partial charge in [-0.1, -0.05) is 11.2 Å². The molecule has 0 bridgehead atoms. The van der Waals surface area contributed by atoms with Crippen molar-refractivity contribution in [3.8, 4) is 28.6 Å². The summed E-state index contributed by atoms with van der Waals surface area (Å²) in [5.74, 6) is -0.0170. The van der Waals surface area contributed by atoms with Crippen LogP contribution in [-0.4, -0.2) is 46.3 Å². The lowest BCUT2D eigenvalue weighted by Gasteiger charge is -2.24. The molecule has 9 heteroatoms. The van der Waals surface area contributed by atoms with Crippen molar-refractivity contribution >= 4 is 0 Å². The molecule has 1 aliphatic rings. The first-order chi connectivity index (χ1) is 14.0. The Bertz CT molecular complexity index is 1140. The predicted molar refractivity (Wildman–Crippen MR) is 101 cm³/mol. The van der Waals surface area contributed by atoms with Gasteiger partial charge in [0.25, 0.3) is 5.56 Å². The van der Waals surface area contributed by atoms with Crippen LogP contribution in [-0.2, 0) is 11.3 Å². The Morgan fingerprint density at radius 1 is 1.28 bits per heavy atom. The number of hydrogen-bond donors (Lipinski definition) is 1. The van der Waals surface area contributed by atoms with Gasteiger partial charge >= 0.3 is 0 Å². The normalized spacial score (nSPS) is 14.7. The fourth-order valence-electron chi connectivity index (χ4n) is 3.27. The van der Waals surface area contributed by atoms with Crippen molar-refractivity contribution in [3.05, 3.63) is 57.6 Å². The zero-order valence-corrected chi connectivity index (χ0v) is 15.7. The van der Waals surface area contributed by atoms with Crippen LogP contribution in [0.15, 0.2) is 33.6 Å². The number of aromatic amines is 1. The molecule has 0 unspecified atom stereocenters. The van der Waals surface area contributed by atoms with Crippen molar-refractivity contribution in [2.45, 2.75) is 13.5 Å². The highest BCUT2D eigenvalue weighted by Crippen LogP contribution is 2.29. The zero-order chi connectivity index (χ0) is 20.4. The molecule has 1 saturated heterocycles. The maximum Gasteiger partial charge on any atom is 0.266 e. The van der Waals surface area contributed by atoms with Crippen LogP contribution < -0.4 is 5.56 Å². The number of nitrogens with one attached hydrogen (secondary N) is 1. The van der Waals surface area contributed by atoms with Crippen LogP contribution in [0.5, 0.6) is 0 Å². The van der Waals surface area contributed by atoms with E-state index in [1.807, 2.05) is 6.07 Å². The highest BCUT2D eigenvalue weighted by molar-refractivity contribution is 5.74. The number of halogens is 1. The number of aryl methyl sites for hydroxylation is 1. The van der Waals surface area contributed by atoms with E-state index in [1.165, 1.54) is 18.2 Å². The highest BCUT2D eigenvalue weighted by Gasteiger charge is 2.19. The fourth-order valence-corrected chi connectivity index (χ4v) is 3.27. The van der Waals surface area contributed by atoms with E-state index in [4.69, 9.17) is 9.26 Å². The van der Waals surface area contributed by atoms with Gasteiger partial charge in [0.2, 0.25) is 11.7 Å². The van der Waals surface area contributed by atoms with Gasteiger partial charge in [-0.3, -0.25) is 9.69 Å². The lowest BCUT2D eigenvalue weighted by molar-refractivity contribution is 0.0297. The molecule has 0 radical (unpaired) electrons. The molecule has 0 spiro atoms. The first-order valence-electron chi connectivity index (χ1n) is 9.12. The summed E-state index contributed by atoms with van der Waals surface area (Å²) in [7, 11) is 0. The molecule has 1 N–H and O–H groups in total. The predicted octanol–water partition coefficient (Wildman–Crippen LogP) is 2.24. The second-order valence-corrected chi connectivity index (χ2v) is 6.78. The molecule has 3 heterocycles. The maximum atomic E-state index is 14.5. The monoisotopic (exact) mass is 395 g/mol. The Morgan fingerprint density at radius 3 is 2.83 bits per heavy atom. The van der Waals surface area contributed by atoms with E-state index in [2.05, 4.69) is 20.0 Å². The van der Waals surface area contributed by atoms with E-state index in [-0.39, 0.29) is 17.0 Å². The molecule has 0 aliphatic carbocycles. The van der Waals surface area contributed by atoms with Crippen molar-refractivity contribution in [1.29, 1.82) is 5.26 Å². The van der Waals surface area contributed by atoms with Gasteiger partial charge in [-0.2, -0.15) is 10.2 Å². The van der Waals surface area contributed by atoms with Gasteiger partial charge < -0.3 is 14.2 Å². The second kappa shape index (κ2) is 7.95. The van der Waals surface area contributed by atoms with Gasteiger partial charge in [0.05, 0.1) is 25.3 Å². The lowest BCUT2D eigenvalue weighted by atomic mass is 9.98. The topological polar surface area (TPSA) is 108 Å². The largest absolute Gasteiger partial charge is 0.379 e. The maximum absolute atomic E-state index is 14.5. The SMILES string of the molecule is Cc1cc(-c2ccc(F)c(-c3noc(CN4CCOCC4)n3)c2)c(C#N)c(=O)[nH]1. The van der Waals surface area contributed by atoms with E-state index in [0.717, 1.165) is 13.1 Å². The molecule has 29 heavy (non-hydrogen) atoms. The van der Waals surface area contributed by atoms with E-state index >= 15 is 0 Å². The average molecular weight is 395 g/mol. The van der Waals surface area contributed by atoms with E-state index in [9.17, 15) is 14.4 Å². The number of hydrogen-bond acceptors (Lipinski definition) is 7. The number of benzene rings is 1. The third-order valence-electron chi connectivity index (χ3n) is 4.73. The number of morpholine rings is 1. The van der Waals surface area contributed by atoms with Crippen LogP contribution in [0.25, 0.3) is 22.5 Å². The number of ether oxygens (including phenoxy) is 1. The summed E-state index contributed by atoms with van der Waals surface area (Å²) in [6.45, 7) is 5.00. The standard InChI is InChI=1S/C20H18FN5O3/c1-12-8-14(16(10-22)20(27)23-12)13-2-3-17(21)15(9-13)19-24-18(29-25-19)11-26-4-6-28-7-5-26/h2-3,8-9H,4-7,11H2,1H3,(H,23,27). The molecule has 3 aromatic rings. The number of aromatic nitrogens is 3. The first kappa shape index (κ1) is 19.0. The van der Waals surface area contributed by atoms with E-state index in [0.29, 0.717) is 42.5 Å². The minimum Gasteiger partial charge on any atom is -0.379 e. The molecular weight excluding hydrogens is 377 g/mol. The minimum absolute atomic E-state index is 0.0331. The summed E-state index contributed by atoms with van der Waals surface area (Å²) in [4.78, 5) is 21.1. The molecule has 1 aliphatic heterocycles. The highest BCUT2D eigenvalue weighted by atomic mass is 19.1. The van der Waals surface area contributed by atoms with Crippen LogP contribution in [0, 0.1) is 24.1 Å². The van der Waals surface area contributed by atoms with Crippen molar-refractivity contribution in [2.24, 2.45) is 0 Å². The van der Waals surface area contributed by atoms with Gasteiger partial charge in [0.15, 0.2) is 0 Å². The van der Waals surface area contributed by atoms with Crippen LogP contribution in [0.2, 0.25) is 0 Å². The lowest BCUT2D eigenvalue weighted by Crippen LogP contribution is -2.35. The first-order valence-corrected chi connectivity index (χ1v) is 9.12. The summed E-state index contributed by atoms with van der Waals surface area (Å²) < 4.78 is 25.1. The Labute approximate surface area is 165 Å². The molecule has 0 amide bonds. The summed E-state index contributed by atoms with van der Waals surface area (Å²) in [5.41, 5.74) is 1.16. The number of pyridine rings is 1. The summed E-state index contributed by atoms with van der Waals surface area (Å²) in [5, 5.41) is 13.3. The van der Waals surface area contributed by atoms with Crippen LogP contribution in [0.3, 0.4) is 0 Å². The molecule has 1 fully saturated rings. The van der Waals surface area contributed by atoms with Crippen LogP contribution in [0.1, 0.15) is 17.1 Å². The number of rotatable bonds is 4. The van der Waals surface area contributed by atoms with Crippen molar-refractivity contribution in [3.63, 3.8) is 0 Å². The average Bonchev–Trinajstić information content (AvgIpc) is 3.17. The van der Waals surface area contributed by atoms with Crippen molar-refractivity contribution < 1.29 is 13.7 Å². The zero-order valence-electron chi connectivity index (χ0n) is 15.7. The molecule has 0 saturated carbocycles. The Morgan fingerprint density at radius 2 is 2.07 bits per heavy atom. The summed E-state index contributed by atoms with van der Waals surface area (Å²) in [6, 6.07) is 7.89. The Hall–Kier alpha value is -3.35. The van der Waals surface area contributed by atoms with Gasteiger partial charge in [0, 0.05) is 24.3 Å². The molecule has 1 aromatic carbocycles.